The van der Waals surface area contributed by atoms with Crippen molar-refractivity contribution in [2.24, 2.45) is 0 Å². The highest BCUT2D eigenvalue weighted by Gasteiger charge is 2.04. The van der Waals surface area contributed by atoms with Gasteiger partial charge in [-0.1, -0.05) is 30.3 Å². The lowest BCUT2D eigenvalue weighted by molar-refractivity contribution is -0.120. The normalized spacial score (nSPS) is 10.4. The Bertz CT molecular complexity index is 664. The molecule has 122 valence electrons. The third-order valence-electron chi connectivity index (χ3n) is 4.03. The smallest absolute Gasteiger partial charge is 0.224 e. The van der Waals surface area contributed by atoms with Gasteiger partial charge >= 0.3 is 0 Å². The molecule has 0 spiro atoms. The first-order chi connectivity index (χ1) is 11.1. The van der Waals surface area contributed by atoms with Crippen molar-refractivity contribution >= 4 is 5.91 Å². The van der Waals surface area contributed by atoms with Crippen molar-refractivity contribution in [3.05, 3.63) is 64.7 Å². The number of benzene rings is 2. The Morgan fingerprint density at radius 2 is 1.87 bits per heavy atom. The summed E-state index contributed by atoms with van der Waals surface area (Å²) in [5.41, 5.74) is 4.78. The number of carbonyl (C=O) groups excluding carboxylic acids is 1. The molecule has 0 aliphatic heterocycles. The zero-order valence-electron chi connectivity index (χ0n) is 14.2. The highest BCUT2D eigenvalue weighted by atomic mass is 16.5. The minimum absolute atomic E-state index is 0.0823. The molecule has 0 atom stereocenters. The van der Waals surface area contributed by atoms with Crippen LogP contribution in [0.15, 0.2) is 42.5 Å². The van der Waals surface area contributed by atoms with Gasteiger partial charge in [0.2, 0.25) is 5.91 Å². The molecule has 23 heavy (non-hydrogen) atoms. The van der Waals surface area contributed by atoms with Gasteiger partial charge in [-0.15, -0.1) is 0 Å². The molecule has 0 heterocycles. The molecule has 3 heteroatoms. The molecular weight excluding hydrogens is 286 g/mol. The zero-order chi connectivity index (χ0) is 16.7. The van der Waals surface area contributed by atoms with Gasteiger partial charge in [-0.05, 0) is 61.1 Å². The Morgan fingerprint density at radius 3 is 2.61 bits per heavy atom. The first-order valence-corrected chi connectivity index (χ1v) is 8.04. The molecule has 0 saturated heterocycles. The van der Waals surface area contributed by atoms with Gasteiger partial charge in [0.25, 0.3) is 0 Å². The average molecular weight is 311 g/mol. The molecule has 0 aromatic heterocycles. The van der Waals surface area contributed by atoms with E-state index in [4.69, 9.17) is 4.74 Å². The van der Waals surface area contributed by atoms with Gasteiger partial charge in [0, 0.05) is 6.54 Å². The van der Waals surface area contributed by atoms with Crippen molar-refractivity contribution in [3.8, 4) is 5.75 Å². The monoisotopic (exact) mass is 311 g/mol. The van der Waals surface area contributed by atoms with Crippen LogP contribution >= 0.6 is 0 Å². The van der Waals surface area contributed by atoms with Crippen LogP contribution in [0, 0.1) is 13.8 Å². The van der Waals surface area contributed by atoms with E-state index in [-0.39, 0.29) is 5.91 Å². The van der Waals surface area contributed by atoms with Crippen LogP contribution in [0.1, 0.15) is 28.7 Å². The first-order valence-electron chi connectivity index (χ1n) is 8.04. The fraction of sp³-hybridized carbons (Fsp3) is 0.350. The fourth-order valence-corrected chi connectivity index (χ4v) is 2.51. The Labute approximate surface area is 138 Å². The number of amides is 1. The summed E-state index contributed by atoms with van der Waals surface area (Å²) in [5.74, 6) is 0.958. The van der Waals surface area contributed by atoms with Crippen molar-refractivity contribution in [3.63, 3.8) is 0 Å². The van der Waals surface area contributed by atoms with Crippen LogP contribution in [0.25, 0.3) is 0 Å². The van der Waals surface area contributed by atoms with Crippen molar-refractivity contribution in [2.45, 2.75) is 33.1 Å². The van der Waals surface area contributed by atoms with E-state index in [1.807, 2.05) is 24.3 Å². The highest BCUT2D eigenvalue weighted by molar-refractivity contribution is 5.78. The van der Waals surface area contributed by atoms with E-state index in [9.17, 15) is 4.79 Å². The summed E-state index contributed by atoms with van der Waals surface area (Å²) >= 11 is 0. The van der Waals surface area contributed by atoms with Gasteiger partial charge in [0.1, 0.15) is 5.75 Å². The number of nitrogens with one attached hydrogen (secondary N) is 1. The van der Waals surface area contributed by atoms with E-state index in [1.54, 1.807) is 7.11 Å². The number of methoxy groups -OCH3 is 1. The fourth-order valence-electron chi connectivity index (χ4n) is 2.51. The van der Waals surface area contributed by atoms with Gasteiger partial charge in [0.15, 0.2) is 0 Å². The summed E-state index contributed by atoms with van der Waals surface area (Å²) in [5, 5.41) is 2.99. The number of rotatable bonds is 7. The molecule has 1 N–H and O–H groups in total. The van der Waals surface area contributed by atoms with E-state index >= 15 is 0 Å². The van der Waals surface area contributed by atoms with Gasteiger partial charge in [-0.2, -0.15) is 0 Å². The zero-order valence-corrected chi connectivity index (χ0v) is 14.2. The topological polar surface area (TPSA) is 38.3 Å². The van der Waals surface area contributed by atoms with Gasteiger partial charge in [-0.3, -0.25) is 4.79 Å². The molecule has 0 unspecified atom stereocenters. The SMILES string of the molecule is COc1cccc(CCCNC(=O)Cc2ccc(C)c(C)c2)c1. The third-order valence-corrected chi connectivity index (χ3v) is 4.03. The first kappa shape index (κ1) is 17.1. The maximum absolute atomic E-state index is 12.0. The molecule has 0 radical (unpaired) electrons. The predicted molar refractivity (Wildman–Crippen MR) is 93.9 cm³/mol. The summed E-state index contributed by atoms with van der Waals surface area (Å²) in [4.78, 5) is 12.0. The van der Waals surface area contributed by atoms with E-state index < -0.39 is 0 Å². The molecule has 0 bridgehead atoms. The van der Waals surface area contributed by atoms with Crippen molar-refractivity contribution in [1.82, 2.24) is 5.32 Å². The van der Waals surface area contributed by atoms with Crippen LogP contribution in [0.2, 0.25) is 0 Å². The number of carbonyl (C=O) groups is 1. The summed E-state index contributed by atoms with van der Waals surface area (Å²) in [6, 6.07) is 14.2. The molecule has 2 aromatic carbocycles. The summed E-state index contributed by atoms with van der Waals surface area (Å²) in [7, 11) is 1.67. The molecule has 2 aromatic rings. The largest absolute Gasteiger partial charge is 0.497 e. The molecule has 2 rings (SSSR count). The number of ether oxygens (including phenoxy) is 1. The number of aryl methyl sites for hydroxylation is 3. The van der Waals surface area contributed by atoms with E-state index in [2.05, 4.69) is 37.4 Å². The Hall–Kier alpha value is -2.29. The van der Waals surface area contributed by atoms with E-state index in [0.29, 0.717) is 13.0 Å². The molecule has 1 amide bonds. The van der Waals surface area contributed by atoms with Crippen LogP contribution in [0.4, 0.5) is 0 Å². The standard InChI is InChI=1S/C20H25NO2/c1-15-9-10-18(12-16(15)2)14-20(22)21-11-5-7-17-6-4-8-19(13-17)23-3/h4,6,8-10,12-13H,5,7,11,14H2,1-3H3,(H,21,22). The van der Waals surface area contributed by atoms with Crippen LogP contribution in [0.5, 0.6) is 5.75 Å². The lowest BCUT2D eigenvalue weighted by atomic mass is 10.0. The summed E-state index contributed by atoms with van der Waals surface area (Å²) in [6.07, 6.45) is 2.30. The highest BCUT2D eigenvalue weighted by Crippen LogP contribution is 2.14. The minimum atomic E-state index is 0.0823. The average Bonchev–Trinajstić information content (AvgIpc) is 2.55. The summed E-state index contributed by atoms with van der Waals surface area (Å²) in [6.45, 7) is 4.85. The minimum Gasteiger partial charge on any atom is -0.497 e. The van der Waals surface area contributed by atoms with E-state index in [1.165, 1.54) is 16.7 Å². The van der Waals surface area contributed by atoms with Gasteiger partial charge in [0.05, 0.1) is 13.5 Å². The number of hydrogen-bond donors (Lipinski definition) is 1. The Balaban J connectivity index is 1.73. The second kappa shape index (κ2) is 8.37. The van der Waals surface area contributed by atoms with Crippen LogP contribution < -0.4 is 10.1 Å². The molecule has 0 fully saturated rings. The van der Waals surface area contributed by atoms with Crippen LogP contribution in [-0.4, -0.2) is 19.6 Å². The van der Waals surface area contributed by atoms with Gasteiger partial charge < -0.3 is 10.1 Å². The lowest BCUT2D eigenvalue weighted by Crippen LogP contribution is -2.26. The van der Waals surface area contributed by atoms with Crippen LogP contribution in [0.3, 0.4) is 0 Å². The predicted octanol–water partition coefficient (Wildman–Crippen LogP) is 3.60. The molecule has 0 aliphatic rings. The molecular formula is C20H25NO2. The second-order valence-electron chi connectivity index (χ2n) is 5.90. The Kier molecular flexibility index (Phi) is 6.21. The van der Waals surface area contributed by atoms with E-state index in [0.717, 1.165) is 24.2 Å². The molecule has 0 aliphatic carbocycles. The maximum atomic E-state index is 12.0. The van der Waals surface area contributed by atoms with Crippen molar-refractivity contribution in [1.29, 1.82) is 0 Å². The lowest BCUT2D eigenvalue weighted by Gasteiger charge is -2.08. The maximum Gasteiger partial charge on any atom is 0.224 e. The van der Waals surface area contributed by atoms with Crippen LogP contribution in [-0.2, 0) is 17.6 Å². The van der Waals surface area contributed by atoms with Gasteiger partial charge in [-0.25, -0.2) is 0 Å². The van der Waals surface area contributed by atoms with Crippen molar-refractivity contribution < 1.29 is 9.53 Å². The quantitative estimate of drug-likeness (QED) is 0.793. The molecule has 3 nitrogen and oxygen atoms in total. The van der Waals surface area contributed by atoms with Crippen molar-refractivity contribution in [2.75, 3.05) is 13.7 Å². The third kappa shape index (κ3) is 5.44. The Morgan fingerprint density at radius 1 is 1.04 bits per heavy atom. The summed E-state index contributed by atoms with van der Waals surface area (Å²) < 4.78 is 5.21. The second-order valence-corrected chi connectivity index (χ2v) is 5.90. The molecule has 0 saturated carbocycles. The number of hydrogen-bond acceptors (Lipinski definition) is 2.